The van der Waals surface area contributed by atoms with E-state index in [4.69, 9.17) is 9.47 Å². The first-order valence-electron chi connectivity index (χ1n) is 9.88. The van der Waals surface area contributed by atoms with E-state index in [0.717, 1.165) is 62.4 Å². The molecule has 0 atom stereocenters. The van der Waals surface area contributed by atoms with Gasteiger partial charge in [-0.25, -0.2) is 9.78 Å². The van der Waals surface area contributed by atoms with Crippen molar-refractivity contribution in [1.29, 1.82) is 0 Å². The SMILES string of the molecule is CCOC(=O)c1c[nH+]c2c(C)c(C)ccc2c1NCCC[NH+]1CCOCC1. The second-order valence-corrected chi connectivity index (χ2v) is 7.12. The zero-order chi connectivity index (χ0) is 19.2. The van der Waals surface area contributed by atoms with Crippen LogP contribution in [-0.2, 0) is 9.47 Å². The number of ether oxygens (including phenoxy) is 2. The maximum atomic E-state index is 12.4. The van der Waals surface area contributed by atoms with E-state index in [9.17, 15) is 4.79 Å². The Labute approximate surface area is 160 Å². The Bertz CT molecular complexity index is 801. The van der Waals surface area contributed by atoms with E-state index >= 15 is 0 Å². The molecular formula is C21H31N3O3+2. The number of benzene rings is 1. The fourth-order valence-electron chi connectivity index (χ4n) is 3.59. The first kappa shape index (κ1) is 19.6. The van der Waals surface area contributed by atoms with Gasteiger partial charge >= 0.3 is 5.97 Å². The lowest BCUT2D eigenvalue weighted by Gasteiger charge is -2.23. The van der Waals surface area contributed by atoms with E-state index in [1.165, 1.54) is 11.1 Å². The molecule has 1 aliphatic heterocycles. The monoisotopic (exact) mass is 373 g/mol. The number of aromatic amines is 1. The fraction of sp³-hybridized carbons (Fsp3) is 0.524. The Morgan fingerprint density at radius 3 is 2.81 bits per heavy atom. The number of aryl methyl sites for hydroxylation is 2. The lowest BCUT2D eigenvalue weighted by atomic mass is 10.0. The average molecular weight is 373 g/mol. The lowest BCUT2D eigenvalue weighted by molar-refractivity contribution is -0.908. The highest BCUT2D eigenvalue weighted by Gasteiger charge is 2.22. The molecule has 0 aliphatic carbocycles. The van der Waals surface area contributed by atoms with E-state index < -0.39 is 0 Å². The zero-order valence-electron chi connectivity index (χ0n) is 16.6. The number of anilines is 1. The van der Waals surface area contributed by atoms with E-state index in [0.29, 0.717) is 12.2 Å². The number of carbonyl (C=O) groups excluding carboxylic acids is 1. The molecule has 0 unspecified atom stereocenters. The van der Waals surface area contributed by atoms with Crippen molar-refractivity contribution in [1.82, 2.24) is 0 Å². The fourth-order valence-corrected chi connectivity index (χ4v) is 3.59. The quantitative estimate of drug-likeness (QED) is 0.565. The van der Waals surface area contributed by atoms with Crippen LogP contribution in [0, 0.1) is 13.8 Å². The van der Waals surface area contributed by atoms with Crippen molar-refractivity contribution in [3.63, 3.8) is 0 Å². The van der Waals surface area contributed by atoms with E-state index in [2.05, 4.69) is 36.3 Å². The zero-order valence-corrected chi connectivity index (χ0v) is 16.6. The minimum Gasteiger partial charge on any atom is -0.462 e. The van der Waals surface area contributed by atoms with E-state index in [1.54, 1.807) is 11.1 Å². The number of quaternary nitrogens is 1. The van der Waals surface area contributed by atoms with Crippen LogP contribution in [0.25, 0.3) is 10.9 Å². The summed E-state index contributed by atoms with van der Waals surface area (Å²) in [5.41, 5.74) is 4.91. The Kier molecular flexibility index (Phi) is 6.63. The van der Waals surface area contributed by atoms with Gasteiger partial charge in [-0.15, -0.1) is 0 Å². The second kappa shape index (κ2) is 9.15. The van der Waals surface area contributed by atoms with Crippen LogP contribution in [0.15, 0.2) is 18.3 Å². The molecule has 6 nitrogen and oxygen atoms in total. The van der Waals surface area contributed by atoms with Gasteiger partial charge in [0.1, 0.15) is 18.7 Å². The molecule has 27 heavy (non-hydrogen) atoms. The number of pyridine rings is 1. The van der Waals surface area contributed by atoms with Crippen molar-refractivity contribution < 1.29 is 24.2 Å². The summed E-state index contributed by atoms with van der Waals surface area (Å²) in [4.78, 5) is 17.3. The van der Waals surface area contributed by atoms with Crippen molar-refractivity contribution in [2.75, 3.05) is 51.3 Å². The van der Waals surface area contributed by atoms with Crippen LogP contribution in [0.4, 0.5) is 5.69 Å². The summed E-state index contributed by atoms with van der Waals surface area (Å²) in [6.45, 7) is 12.2. The summed E-state index contributed by atoms with van der Waals surface area (Å²) in [6.07, 6.45) is 2.81. The molecule has 6 heteroatoms. The van der Waals surface area contributed by atoms with Crippen molar-refractivity contribution >= 4 is 22.6 Å². The molecule has 1 aromatic heterocycles. The smallest absolute Gasteiger partial charge is 0.346 e. The number of rotatable bonds is 7. The molecule has 2 heterocycles. The van der Waals surface area contributed by atoms with Crippen LogP contribution >= 0.6 is 0 Å². The first-order chi connectivity index (χ1) is 13.1. The molecule has 2 aromatic rings. The van der Waals surface area contributed by atoms with Crippen LogP contribution in [0.2, 0.25) is 0 Å². The first-order valence-corrected chi connectivity index (χ1v) is 9.88. The van der Waals surface area contributed by atoms with Crippen LogP contribution in [0.1, 0.15) is 34.8 Å². The van der Waals surface area contributed by atoms with Gasteiger partial charge in [-0.05, 0) is 32.4 Å². The predicted molar refractivity (Wildman–Crippen MR) is 105 cm³/mol. The highest BCUT2D eigenvalue weighted by atomic mass is 16.5. The third kappa shape index (κ3) is 4.57. The molecule has 1 aliphatic rings. The van der Waals surface area contributed by atoms with Crippen molar-refractivity contribution in [2.24, 2.45) is 0 Å². The molecule has 0 bridgehead atoms. The number of carbonyl (C=O) groups is 1. The molecule has 0 spiro atoms. The number of hydrogen-bond acceptors (Lipinski definition) is 4. The molecule has 0 saturated carbocycles. The molecule has 1 saturated heterocycles. The molecule has 3 rings (SSSR count). The van der Waals surface area contributed by atoms with Crippen molar-refractivity contribution in [3.8, 4) is 0 Å². The predicted octanol–water partition coefficient (Wildman–Crippen LogP) is 1.16. The molecule has 3 N–H and O–H groups in total. The van der Waals surface area contributed by atoms with Gasteiger partial charge in [0.05, 0.1) is 37.4 Å². The summed E-state index contributed by atoms with van der Waals surface area (Å²) in [6, 6.07) is 4.18. The van der Waals surface area contributed by atoms with Crippen LogP contribution in [-0.4, -0.2) is 52.0 Å². The summed E-state index contributed by atoms with van der Waals surface area (Å²) in [7, 11) is 0. The van der Waals surface area contributed by atoms with Gasteiger partial charge in [0.15, 0.2) is 6.20 Å². The Morgan fingerprint density at radius 2 is 2.07 bits per heavy atom. The number of H-pyrrole nitrogens is 1. The minimum atomic E-state index is -0.296. The number of morpholine rings is 1. The van der Waals surface area contributed by atoms with Gasteiger partial charge < -0.3 is 19.7 Å². The number of fused-ring (bicyclic) bond motifs is 1. The summed E-state index contributed by atoms with van der Waals surface area (Å²) in [5.74, 6) is -0.296. The van der Waals surface area contributed by atoms with Gasteiger partial charge in [-0.1, -0.05) is 6.07 Å². The summed E-state index contributed by atoms with van der Waals surface area (Å²) in [5, 5.41) is 4.55. The number of esters is 1. The van der Waals surface area contributed by atoms with Crippen molar-refractivity contribution in [3.05, 3.63) is 35.0 Å². The standard InChI is InChI=1S/C21H29N3O3/c1-4-27-21(25)18-14-23-19-16(3)15(2)6-7-17(19)20(18)22-8-5-9-24-10-12-26-13-11-24/h6-7,14H,4-5,8-13H2,1-3H3,(H,22,23)/p+2. The number of nitrogens with one attached hydrogen (secondary N) is 3. The van der Waals surface area contributed by atoms with Crippen LogP contribution in [0.3, 0.4) is 0 Å². The second-order valence-electron chi connectivity index (χ2n) is 7.12. The Hall–Kier alpha value is -2.18. The largest absolute Gasteiger partial charge is 0.462 e. The average Bonchev–Trinajstić information content (AvgIpc) is 2.69. The summed E-state index contributed by atoms with van der Waals surface area (Å²) >= 11 is 0. The Morgan fingerprint density at radius 1 is 1.30 bits per heavy atom. The molecule has 1 fully saturated rings. The van der Waals surface area contributed by atoms with Gasteiger partial charge in [0.2, 0.25) is 5.52 Å². The van der Waals surface area contributed by atoms with Crippen LogP contribution in [0.5, 0.6) is 0 Å². The maximum Gasteiger partial charge on any atom is 0.346 e. The van der Waals surface area contributed by atoms with Crippen molar-refractivity contribution in [2.45, 2.75) is 27.2 Å². The molecule has 0 radical (unpaired) electrons. The minimum absolute atomic E-state index is 0.296. The topological polar surface area (TPSA) is 66.1 Å². The maximum absolute atomic E-state index is 12.4. The molecular weight excluding hydrogens is 342 g/mol. The lowest BCUT2D eigenvalue weighted by Crippen LogP contribution is -3.14. The van der Waals surface area contributed by atoms with Gasteiger partial charge in [-0.2, -0.15) is 0 Å². The van der Waals surface area contributed by atoms with E-state index in [-0.39, 0.29) is 5.97 Å². The third-order valence-electron chi connectivity index (χ3n) is 5.34. The number of aromatic nitrogens is 1. The van der Waals surface area contributed by atoms with Gasteiger partial charge in [0, 0.05) is 18.5 Å². The Balaban J connectivity index is 1.80. The molecule has 146 valence electrons. The molecule has 0 amide bonds. The normalized spacial score (nSPS) is 15.1. The van der Waals surface area contributed by atoms with Crippen LogP contribution < -0.4 is 15.2 Å². The van der Waals surface area contributed by atoms with Gasteiger partial charge in [0.25, 0.3) is 0 Å². The van der Waals surface area contributed by atoms with E-state index in [1.807, 2.05) is 6.92 Å². The highest BCUT2D eigenvalue weighted by Crippen LogP contribution is 2.28. The number of hydrogen-bond donors (Lipinski definition) is 2. The highest BCUT2D eigenvalue weighted by molar-refractivity contribution is 6.04. The molecule has 1 aromatic carbocycles. The summed E-state index contributed by atoms with van der Waals surface area (Å²) < 4.78 is 10.7. The third-order valence-corrected chi connectivity index (χ3v) is 5.34. The van der Waals surface area contributed by atoms with Gasteiger partial charge in [-0.3, -0.25) is 0 Å².